The molecule has 266 valence electrons. The number of aliphatic hydroxyl groups is 3. The van der Waals surface area contributed by atoms with Crippen molar-refractivity contribution in [3.63, 3.8) is 0 Å². The second-order valence-electron chi connectivity index (χ2n) is 12.6. The van der Waals surface area contributed by atoms with Crippen molar-refractivity contribution in [3.05, 3.63) is 68.4 Å². The first-order chi connectivity index (χ1) is 23.6. The summed E-state index contributed by atoms with van der Waals surface area (Å²) in [6, 6.07) is 2.18. The van der Waals surface area contributed by atoms with Gasteiger partial charge in [-0.25, -0.2) is 4.79 Å². The molecule has 0 spiro atoms. The fourth-order valence-electron chi connectivity index (χ4n) is 7.85. The van der Waals surface area contributed by atoms with Gasteiger partial charge in [0.2, 0.25) is 17.3 Å². The van der Waals surface area contributed by atoms with E-state index >= 15 is 0 Å². The molecule has 0 bridgehead atoms. The summed E-state index contributed by atoms with van der Waals surface area (Å²) in [6.07, 6.45) is -6.55. The van der Waals surface area contributed by atoms with E-state index in [-0.39, 0.29) is 16.8 Å². The molecule has 6 N–H and O–H groups in total. The molecule has 1 saturated heterocycles. The Bertz CT molecular complexity index is 1920. The molecule has 0 amide bonds. The molecular weight excluding hydrogens is 662 g/mol. The Morgan fingerprint density at radius 2 is 1.60 bits per heavy atom. The van der Waals surface area contributed by atoms with E-state index < -0.39 is 128 Å². The largest absolute Gasteiger partial charge is 0.507 e. The van der Waals surface area contributed by atoms with E-state index in [0.717, 1.165) is 26.4 Å². The molecule has 8 atom stereocenters. The van der Waals surface area contributed by atoms with Crippen molar-refractivity contribution in [1.29, 1.82) is 0 Å². The van der Waals surface area contributed by atoms with Crippen molar-refractivity contribution in [2.75, 3.05) is 28.4 Å². The van der Waals surface area contributed by atoms with Crippen LogP contribution in [0.1, 0.15) is 75.4 Å². The van der Waals surface area contributed by atoms with Gasteiger partial charge in [-0.1, -0.05) is 6.07 Å². The number of nitrogens with one attached hydrogen (secondary N) is 1. The Labute approximate surface area is 284 Å². The van der Waals surface area contributed by atoms with Gasteiger partial charge in [0.1, 0.15) is 35.4 Å². The van der Waals surface area contributed by atoms with E-state index in [1.165, 1.54) is 27.2 Å². The summed E-state index contributed by atoms with van der Waals surface area (Å²) < 4.78 is 26.8. The van der Waals surface area contributed by atoms with Gasteiger partial charge in [0.15, 0.2) is 23.2 Å². The third kappa shape index (κ3) is 4.40. The number of benzene rings is 2. The molecule has 0 saturated carbocycles. The topological polar surface area (TPSA) is 245 Å². The van der Waals surface area contributed by atoms with Crippen LogP contribution < -0.4 is 5.32 Å². The van der Waals surface area contributed by atoms with Crippen LogP contribution in [0.4, 0.5) is 0 Å². The maximum Gasteiger partial charge on any atom is 0.341 e. The third-order valence-electron chi connectivity index (χ3n) is 10.2. The molecule has 1 aliphatic heterocycles. The highest BCUT2D eigenvalue weighted by atomic mass is 16.6. The molecule has 1 fully saturated rings. The number of esters is 1. The number of ketones is 4. The minimum absolute atomic E-state index is 0.00455. The normalized spacial score (nSPS) is 31.7. The quantitative estimate of drug-likeness (QED) is 0.213. The number of ether oxygens (including phenoxy) is 5. The van der Waals surface area contributed by atoms with Crippen molar-refractivity contribution in [1.82, 2.24) is 5.32 Å². The van der Waals surface area contributed by atoms with Crippen molar-refractivity contribution in [2.24, 2.45) is 0 Å². The first kappa shape index (κ1) is 35.3. The summed E-state index contributed by atoms with van der Waals surface area (Å²) in [5.74, 6) is -7.67. The van der Waals surface area contributed by atoms with Gasteiger partial charge in [0, 0.05) is 50.5 Å². The molecule has 1 heterocycles. The molecule has 4 aliphatic rings. The van der Waals surface area contributed by atoms with Crippen LogP contribution in [0.2, 0.25) is 0 Å². The maximum absolute atomic E-state index is 14.6. The van der Waals surface area contributed by atoms with Crippen molar-refractivity contribution < 1.29 is 73.2 Å². The van der Waals surface area contributed by atoms with E-state index in [1.54, 1.807) is 6.92 Å². The zero-order valence-electron chi connectivity index (χ0n) is 27.7. The van der Waals surface area contributed by atoms with Crippen LogP contribution in [0.5, 0.6) is 11.5 Å². The summed E-state index contributed by atoms with van der Waals surface area (Å²) in [4.78, 5) is 69.1. The highest BCUT2D eigenvalue weighted by Crippen LogP contribution is 2.56. The van der Waals surface area contributed by atoms with Crippen LogP contribution >= 0.6 is 0 Å². The predicted octanol–water partition coefficient (Wildman–Crippen LogP) is -0.250. The molecule has 16 nitrogen and oxygen atoms in total. The Morgan fingerprint density at radius 1 is 0.940 bits per heavy atom. The average Bonchev–Trinajstić information content (AvgIpc) is 3.05. The van der Waals surface area contributed by atoms with Gasteiger partial charge in [-0.3, -0.25) is 19.2 Å². The zero-order chi connectivity index (χ0) is 36.8. The van der Waals surface area contributed by atoms with Crippen molar-refractivity contribution >= 4 is 29.1 Å². The first-order valence-corrected chi connectivity index (χ1v) is 15.4. The SMILES string of the molecule is COC(=O)c1c(C)cc2c(c1O)C1(O)C(=O)c3cc4c(c(O)c3C(=O)C1(OC)C(O)C2)C(=O)C=C(N[C@H]1O[C@@H](C)[C@H](OC)[C@@H](O)[C@H]1OC)C4=O. The Morgan fingerprint density at radius 3 is 2.20 bits per heavy atom. The van der Waals surface area contributed by atoms with E-state index in [4.69, 9.17) is 23.7 Å². The van der Waals surface area contributed by atoms with E-state index in [2.05, 4.69) is 5.32 Å². The number of phenolic OH excluding ortho intramolecular Hbond substituents is 2. The number of Topliss-reactive ketones (excluding diaryl/α,β-unsaturated/α-hetero) is 3. The third-order valence-corrected chi connectivity index (χ3v) is 10.2. The number of aliphatic hydroxyl groups excluding tert-OH is 2. The lowest BCUT2D eigenvalue weighted by atomic mass is 9.56. The maximum atomic E-state index is 14.6. The summed E-state index contributed by atoms with van der Waals surface area (Å²) in [7, 11) is 4.62. The molecular formula is C34H35NO15. The summed E-state index contributed by atoms with van der Waals surface area (Å²) in [5, 5.41) is 60.3. The van der Waals surface area contributed by atoms with E-state index in [1.807, 2.05) is 0 Å². The monoisotopic (exact) mass is 697 g/mol. The Kier molecular flexibility index (Phi) is 8.50. The molecule has 2 aromatic rings. The number of carbonyl (C=O) groups is 5. The van der Waals surface area contributed by atoms with Gasteiger partial charge >= 0.3 is 5.97 Å². The average molecular weight is 698 g/mol. The molecule has 16 heteroatoms. The van der Waals surface area contributed by atoms with Crippen LogP contribution in [0.3, 0.4) is 0 Å². The lowest BCUT2D eigenvalue weighted by Crippen LogP contribution is -2.73. The predicted molar refractivity (Wildman–Crippen MR) is 166 cm³/mol. The van der Waals surface area contributed by atoms with E-state index in [0.29, 0.717) is 0 Å². The van der Waals surface area contributed by atoms with Gasteiger partial charge in [-0.15, -0.1) is 0 Å². The molecule has 50 heavy (non-hydrogen) atoms. The smallest absolute Gasteiger partial charge is 0.341 e. The highest BCUT2D eigenvalue weighted by Gasteiger charge is 2.72. The second-order valence-corrected chi connectivity index (χ2v) is 12.6. The number of hydrogen-bond acceptors (Lipinski definition) is 16. The number of rotatable bonds is 6. The van der Waals surface area contributed by atoms with Crippen LogP contribution in [0.25, 0.3) is 0 Å². The molecule has 2 aromatic carbocycles. The molecule has 3 aliphatic carbocycles. The first-order valence-electron chi connectivity index (χ1n) is 15.4. The molecule has 0 radical (unpaired) electrons. The summed E-state index contributed by atoms with van der Waals surface area (Å²) in [6.45, 7) is 3.06. The number of fused-ring (bicyclic) bond motifs is 5. The molecule has 6 rings (SSSR count). The van der Waals surface area contributed by atoms with Gasteiger partial charge in [-0.05, 0) is 31.0 Å². The molecule has 0 aromatic heterocycles. The van der Waals surface area contributed by atoms with Crippen molar-refractivity contribution in [3.8, 4) is 11.5 Å². The number of carbonyl (C=O) groups excluding carboxylic acids is 5. The molecule has 3 unspecified atom stereocenters. The lowest BCUT2D eigenvalue weighted by molar-refractivity contribution is -0.236. The Hall–Kier alpha value is -4.55. The second kappa shape index (κ2) is 12.1. The van der Waals surface area contributed by atoms with Gasteiger partial charge < -0.3 is 54.5 Å². The standard InChI is InChI=1S/C34H35NO15/c1-11-7-13-8-18(37)34(49-6)30(43)21-15(29(42)33(34,45)22(13)25(40)19(11)32(44)48-5)9-14-20(24(21)39)17(36)10-16(23(14)38)35-31-28(47-4)26(41)27(46-3)12(2)50-31/h7,9-10,12,18,26-28,31,35,37,39-41,45H,8H2,1-6H3/t12-,18?,26+,27-,28+,31-,33?,34?/m0/s1. The van der Waals surface area contributed by atoms with Crippen LogP contribution in [0, 0.1) is 6.92 Å². The van der Waals surface area contributed by atoms with Gasteiger partial charge in [0.25, 0.3) is 0 Å². The van der Waals surface area contributed by atoms with Gasteiger partial charge in [0.05, 0.1) is 36.1 Å². The van der Waals surface area contributed by atoms with Crippen molar-refractivity contribution in [2.45, 2.75) is 68.2 Å². The number of methoxy groups -OCH3 is 4. The van der Waals surface area contributed by atoms with Crippen LogP contribution in [-0.2, 0) is 35.7 Å². The Balaban J connectivity index is 1.51. The van der Waals surface area contributed by atoms with E-state index in [9.17, 15) is 49.5 Å². The minimum atomic E-state index is -3.23. The van der Waals surface area contributed by atoms with Crippen LogP contribution in [0.15, 0.2) is 23.9 Å². The number of phenols is 2. The lowest BCUT2D eigenvalue weighted by Gasteiger charge is -2.52. The van der Waals surface area contributed by atoms with Crippen LogP contribution in [-0.4, -0.2) is 125 Å². The number of aryl methyl sites for hydroxylation is 1. The minimum Gasteiger partial charge on any atom is -0.507 e. The summed E-state index contributed by atoms with van der Waals surface area (Å²) in [5.41, 5.74) is -10.1. The fourth-order valence-corrected chi connectivity index (χ4v) is 7.85. The number of aromatic hydroxyl groups is 2. The number of allylic oxidation sites excluding steroid dienone is 2. The number of hydrogen-bond donors (Lipinski definition) is 6. The summed E-state index contributed by atoms with van der Waals surface area (Å²) >= 11 is 0. The zero-order valence-corrected chi connectivity index (χ0v) is 27.7. The van der Waals surface area contributed by atoms with Gasteiger partial charge in [-0.2, -0.15) is 0 Å². The highest BCUT2D eigenvalue weighted by molar-refractivity contribution is 6.31. The fraction of sp³-hybridized carbons (Fsp3) is 0.441.